The molecule has 0 aromatic heterocycles. The number of ether oxygens (including phenoxy) is 1. The van der Waals surface area contributed by atoms with Gasteiger partial charge in [-0.25, -0.2) is 0 Å². The van der Waals surface area contributed by atoms with Gasteiger partial charge in [-0.1, -0.05) is 23.7 Å². The van der Waals surface area contributed by atoms with E-state index in [1.807, 2.05) is 24.3 Å². The molecule has 3 aromatic rings. The molecule has 0 spiro atoms. The van der Waals surface area contributed by atoms with Crippen LogP contribution in [0.25, 0.3) is 0 Å². The SMILES string of the molecule is COc1ccc(Nc2ccc3c(c2N)C(=O)c2c(Cl)cccc2C3=O)cc1. The molecule has 0 heterocycles. The maximum Gasteiger partial charge on any atom is 0.198 e. The lowest BCUT2D eigenvalue weighted by molar-refractivity contribution is 0.0980. The summed E-state index contributed by atoms with van der Waals surface area (Å²) in [5.41, 5.74) is 8.76. The Morgan fingerprint density at radius 2 is 1.59 bits per heavy atom. The number of nitrogens with two attached hydrogens (primary N) is 1. The van der Waals surface area contributed by atoms with Gasteiger partial charge in [-0.15, -0.1) is 0 Å². The Morgan fingerprint density at radius 1 is 0.889 bits per heavy atom. The van der Waals surface area contributed by atoms with Crippen LogP contribution in [-0.4, -0.2) is 18.7 Å². The lowest BCUT2D eigenvalue weighted by Crippen LogP contribution is -2.23. The average molecular weight is 379 g/mol. The van der Waals surface area contributed by atoms with E-state index < -0.39 is 0 Å². The zero-order valence-electron chi connectivity index (χ0n) is 14.4. The summed E-state index contributed by atoms with van der Waals surface area (Å²) in [5.74, 6) is 0.122. The normalized spacial score (nSPS) is 12.4. The number of anilines is 3. The monoisotopic (exact) mass is 378 g/mol. The van der Waals surface area contributed by atoms with Crippen molar-refractivity contribution in [1.29, 1.82) is 0 Å². The Kier molecular flexibility index (Phi) is 4.09. The molecule has 0 saturated carbocycles. The fraction of sp³-hybridized carbons (Fsp3) is 0.0476. The molecule has 134 valence electrons. The third kappa shape index (κ3) is 2.73. The Bertz CT molecular complexity index is 1090. The molecule has 1 aliphatic rings. The van der Waals surface area contributed by atoms with E-state index in [4.69, 9.17) is 22.1 Å². The summed E-state index contributed by atoms with van der Waals surface area (Å²) < 4.78 is 5.14. The van der Waals surface area contributed by atoms with Crippen molar-refractivity contribution in [2.24, 2.45) is 0 Å². The first kappa shape index (κ1) is 17.1. The highest BCUT2D eigenvalue weighted by Gasteiger charge is 2.33. The van der Waals surface area contributed by atoms with Gasteiger partial charge in [0.25, 0.3) is 0 Å². The van der Waals surface area contributed by atoms with E-state index in [-0.39, 0.29) is 39.0 Å². The molecule has 3 N–H and O–H groups in total. The minimum Gasteiger partial charge on any atom is -0.497 e. The molecule has 0 fully saturated rings. The molecule has 0 atom stereocenters. The Balaban J connectivity index is 1.79. The summed E-state index contributed by atoms with van der Waals surface area (Å²) in [4.78, 5) is 25.8. The fourth-order valence-corrected chi connectivity index (χ4v) is 3.47. The smallest absolute Gasteiger partial charge is 0.198 e. The molecule has 0 unspecified atom stereocenters. The summed E-state index contributed by atoms with van der Waals surface area (Å²) in [7, 11) is 1.59. The molecule has 0 bridgehead atoms. The van der Waals surface area contributed by atoms with Gasteiger partial charge in [0, 0.05) is 16.8 Å². The highest BCUT2D eigenvalue weighted by Crippen LogP contribution is 2.38. The molecule has 0 saturated heterocycles. The van der Waals surface area contributed by atoms with Crippen LogP contribution in [0.4, 0.5) is 17.1 Å². The molecule has 3 aromatic carbocycles. The number of ketones is 2. The van der Waals surface area contributed by atoms with E-state index in [1.54, 1.807) is 37.4 Å². The lowest BCUT2D eigenvalue weighted by Gasteiger charge is -2.21. The standard InChI is InChI=1S/C21H15ClN2O3/c1-27-12-7-5-11(6-8-12)24-16-10-9-14-18(19(16)23)21(26)17-13(20(14)25)3-2-4-15(17)22/h2-10,24H,23H2,1H3. The van der Waals surface area contributed by atoms with Gasteiger partial charge < -0.3 is 15.8 Å². The van der Waals surface area contributed by atoms with Gasteiger partial charge in [0.1, 0.15) is 5.75 Å². The quantitative estimate of drug-likeness (QED) is 0.515. The zero-order valence-corrected chi connectivity index (χ0v) is 15.1. The number of nitrogens with one attached hydrogen (secondary N) is 1. The average Bonchev–Trinajstić information content (AvgIpc) is 2.68. The third-order valence-electron chi connectivity index (χ3n) is 4.57. The number of hydrogen-bond acceptors (Lipinski definition) is 5. The van der Waals surface area contributed by atoms with Gasteiger partial charge in [-0.3, -0.25) is 9.59 Å². The number of rotatable bonds is 3. The second-order valence-electron chi connectivity index (χ2n) is 6.12. The zero-order chi connectivity index (χ0) is 19.1. The van der Waals surface area contributed by atoms with E-state index in [0.717, 1.165) is 11.4 Å². The van der Waals surface area contributed by atoms with Crippen molar-refractivity contribution < 1.29 is 14.3 Å². The summed E-state index contributed by atoms with van der Waals surface area (Å²) in [5, 5.41) is 3.41. The summed E-state index contributed by atoms with van der Waals surface area (Å²) in [6.07, 6.45) is 0. The van der Waals surface area contributed by atoms with E-state index in [0.29, 0.717) is 11.3 Å². The predicted octanol–water partition coefficient (Wildman–Crippen LogP) is 4.45. The van der Waals surface area contributed by atoms with Gasteiger partial charge in [0.15, 0.2) is 11.6 Å². The van der Waals surface area contributed by atoms with Crippen molar-refractivity contribution >= 4 is 40.2 Å². The highest BCUT2D eigenvalue weighted by atomic mass is 35.5. The molecule has 6 heteroatoms. The molecule has 0 radical (unpaired) electrons. The van der Waals surface area contributed by atoms with Crippen LogP contribution in [-0.2, 0) is 0 Å². The highest BCUT2D eigenvalue weighted by molar-refractivity contribution is 6.39. The van der Waals surface area contributed by atoms with E-state index in [1.165, 1.54) is 0 Å². The van der Waals surface area contributed by atoms with Gasteiger partial charge in [-0.05, 0) is 42.5 Å². The maximum absolute atomic E-state index is 13.0. The van der Waals surface area contributed by atoms with Crippen LogP contribution in [0.5, 0.6) is 5.75 Å². The molecular weight excluding hydrogens is 364 g/mol. The first-order valence-electron chi connectivity index (χ1n) is 8.22. The Labute approximate surface area is 160 Å². The molecular formula is C21H15ClN2O3. The number of benzene rings is 3. The number of carbonyl (C=O) groups is 2. The van der Waals surface area contributed by atoms with Crippen molar-refractivity contribution in [3.63, 3.8) is 0 Å². The van der Waals surface area contributed by atoms with Crippen molar-refractivity contribution in [2.75, 3.05) is 18.2 Å². The minimum absolute atomic E-state index is 0.180. The number of nitrogen functional groups attached to an aromatic ring is 1. The van der Waals surface area contributed by atoms with Crippen LogP contribution in [0.15, 0.2) is 54.6 Å². The first-order chi connectivity index (χ1) is 13.0. The molecule has 0 aliphatic heterocycles. The topological polar surface area (TPSA) is 81.4 Å². The minimum atomic E-state index is -0.346. The van der Waals surface area contributed by atoms with Crippen molar-refractivity contribution in [2.45, 2.75) is 0 Å². The molecule has 27 heavy (non-hydrogen) atoms. The van der Waals surface area contributed by atoms with Crippen molar-refractivity contribution in [1.82, 2.24) is 0 Å². The summed E-state index contributed by atoms with van der Waals surface area (Å²) >= 11 is 6.18. The Morgan fingerprint density at radius 3 is 2.30 bits per heavy atom. The number of hydrogen-bond donors (Lipinski definition) is 2. The summed E-state index contributed by atoms with van der Waals surface area (Å²) in [6.45, 7) is 0. The van der Waals surface area contributed by atoms with Gasteiger partial charge >= 0.3 is 0 Å². The second-order valence-corrected chi connectivity index (χ2v) is 6.53. The van der Waals surface area contributed by atoms with Crippen LogP contribution < -0.4 is 15.8 Å². The van der Waals surface area contributed by atoms with Crippen LogP contribution >= 0.6 is 11.6 Å². The van der Waals surface area contributed by atoms with Crippen LogP contribution in [0.2, 0.25) is 5.02 Å². The number of methoxy groups -OCH3 is 1. The molecule has 0 amide bonds. The van der Waals surface area contributed by atoms with Crippen LogP contribution in [0.3, 0.4) is 0 Å². The fourth-order valence-electron chi connectivity index (χ4n) is 3.21. The van der Waals surface area contributed by atoms with Gasteiger partial charge in [0.2, 0.25) is 0 Å². The van der Waals surface area contributed by atoms with Crippen molar-refractivity contribution in [3.8, 4) is 5.75 Å². The van der Waals surface area contributed by atoms with E-state index in [9.17, 15) is 9.59 Å². The third-order valence-corrected chi connectivity index (χ3v) is 4.89. The number of halogens is 1. The molecule has 1 aliphatic carbocycles. The van der Waals surface area contributed by atoms with E-state index in [2.05, 4.69) is 5.32 Å². The largest absolute Gasteiger partial charge is 0.497 e. The lowest BCUT2D eigenvalue weighted by atomic mass is 9.83. The Hall–Kier alpha value is -3.31. The van der Waals surface area contributed by atoms with Crippen LogP contribution in [0.1, 0.15) is 31.8 Å². The van der Waals surface area contributed by atoms with E-state index >= 15 is 0 Å². The second kappa shape index (κ2) is 6.45. The van der Waals surface area contributed by atoms with Gasteiger partial charge in [0.05, 0.1) is 34.6 Å². The summed E-state index contributed by atoms with van der Waals surface area (Å²) in [6, 6.07) is 15.4. The number of carbonyl (C=O) groups excluding carboxylic acids is 2. The first-order valence-corrected chi connectivity index (χ1v) is 8.60. The van der Waals surface area contributed by atoms with Gasteiger partial charge in [-0.2, -0.15) is 0 Å². The van der Waals surface area contributed by atoms with Crippen molar-refractivity contribution in [3.05, 3.63) is 81.9 Å². The predicted molar refractivity (Wildman–Crippen MR) is 105 cm³/mol. The molecule has 4 rings (SSSR count). The van der Waals surface area contributed by atoms with Crippen LogP contribution in [0, 0.1) is 0 Å². The maximum atomic E-state index is 13.0. The number of fused-ring (bicyclic) bond motifs is 2. The molecule has 5 nitrogen and oxygen atoms in total.